The zero-order valence-electron chi connectivity index (χ0n) is 10.8. The molecule has 0 spiro atoms. The highest BCUT2D eigenvalue weighted by Crippen LogP contribution is 2.30. The molecule has 2 rings (SSSR count). The van der Waals surface area contributed by atoms with Gasteiger partial charge in [0.1, 0.15) is 6.04 Å². The zero-order chi connectivity index (χ0) is 13.0. The summed E-state index contributed by atoms with van der Waals surface area (Å²) in [7, 11) is 0. The number of rotatable bonds is 4. The largest absolute Gasteiger partial charge is 0.368 e. The van der Waals surface area contributed by atoms with Gasteiger partial charge >= 0.3 is 0 Å². The lowest BCUT2D eigenvalue weighted by atomic mass is 10.0. The summed E-state index contributed by atoms with van der Waals surface area (Å²) in [5.41, 5.74) is 5.37. The maximum atomic E-state index is 12.2. The van der Waals surface area contributed by atoms with E-state index in [9.17, 15) is 9.59 Å². The van der Waals surface area contributed by atoms with Crippen LogP contribution in [0.1, 0.15) is 44.9 Å². The van der Waals surface area contributed by atoms with Crippen LogP contribution in [0, 0.1) is 0 Å². The van der Waals surface area contributed by atoms with E-state index in [0.29, 0.717) is 17.5 Å². The number of hydrogen-bond acceptors (Lipinski definition) is 3. The van der Waals surface area contributed by atoms with Crippen molar-refractivity contribution in [2.75, 3.05) is 12.3 Å². The number of piperidine rings is 1. The molecule has 5 heteroatoms. The Kier molecular flexibility index (Phi) is 4.92. The molecule has 4 nitrogen and oxygen atoms in total. The molecular formula is C13H22N2O2S. The number of nitrogens with zero attached hydrogens (tertiary/aromatic N) is 1. The number of thioether (sulfide) groups is 1. The molecule has 0 aromatic rings. The first-order valence-electron chi connectivity index (χ1n) is 6.89. The predicted octanol–water partition coefficient (Wildman–Crippen LogP) is 1.53. The molecule has 0 radical (unpaired) electrons. The van der Waals surface area contributed by atoms with Crippen molar-refractivity contribution in [1.82, 2.24) is 4.90 Å². The molecule has 1 saturated heterocycles. The van der Waals surface area contributed by atoms with Gasteiger partial charge in [0.05, 0.1) is 5.75 Å². The van der Waals surface area contributed by atoms with Crippen LogP contribution in [-0.4, -0.2) is 40.3 Å². The summed E-state index contributed by atoms with van der Waals surface area (Å²) in [6, 6.07) is -0.365. The molecule has 18 heavy (non-hydrogen) atoms. The summed E-state index contributed by atoms with van der Waals surface area (Å²) < 4.78 is 0. The first-order valence-corrected chi connectivity index (χ1v) is 7.94. The van der Waals surface area contributed by atoms with E-state index in [2.05, 4.69) is 0 Å². The van der Waals surface area contributed by atoms with Gasteiger partial charge in [0.2, 0.25) is 11.8 Å². The smallest absolute Gasteiger partial charge is 0.240 e. The standard InChI is InChI=1S/C13H22N2O2S/c14-13(17)11-7-3-4-8-15(11)12(16)9-18-10-5-1-2-6-10/h10-11H,1-9H2,(H2,14,17)/t11-/m1/s1. The molecule has 2 N–H and O–H groups in total. The Morgan fingerprint density at radius 3 is 2.44 bits per heavy atom. The number of carbonyl (C=O) groups is 2. The number of nitrogens with two attached hydrogens (primary N) is 1. The first-order chi connectivity index (χ1) is 8.68. The summed E-state index contributed by atoms with van der Waals surface area (Å²) in [4.78, 5) is 25.2. The fourth-order valence-electron chi connectivity index (χ4n) is 2.85. The van der Waals surface area contributed by atoms with E-state index in [1.54, 1.807) is 16.7 Å². The first kappa shape index (κ1) is 13.7. The molecule has 0 unspecified atom stereocenters. The van der Waals surface area contributed by atoms with Gasteiger partial charge in [-0.05, 0) is 32.1 Å². The molecule has 0 bridgehead atoms. The van der Waals surface area contributed by atoms with Gasteiger partial charge in [0, 0.05) is 11.8 Å². The lowest BCUT2D eigenvalue weighted by Gasteiger charge is -2.33. The third-order valence-corrected chi connectivity index (χ3v) is 5.25. The second-order valence-electron chi connectivity index (χ2n) is 5.22. The lowest BCUT2D eigenvalue weighted by molar-refractivity contribution is -0.138. The van der Waals surface area contributed by atoms with Crippen molar-refractivity contribution in [2.45, 2.75) is 56.2 Å². The lowest BCUT2D eigenvalue weighted by Crippen LogP contribution is -2.51. The van der Waals surface area contributed by atoms with E-state index < -0.39 is 0 Å². The zero-order valence-corrected chi connectivity index (χ0v) is 11.6. The van der Waals surface area contributed by atoms with Crippen LogP contribution in [0.3, 0.4) is 0 Å². The van der Waals surface area contributed by atoms with Gasteiger partial charge in [-0.1, -0.05) is 12.8 Å². The normalized spacial score (nSPS) is 25.3. The van der Waals surface area contributed by atoms with Gasteiger partial charge in [0.25, 0.3) is 0 Å². The summed E-state index contributed by atoms with van der Waals surface area (Å²) in [6.45, 7) is 0.692. The molecule has 1 saturated carbocycles. The van der Waals surface area contributed by atoms with Crippen molar-refractivity contribution in [3.63, 3.8) is 0 Å². The topological polar surface area (TPSA) is 63.4 Å². The van der Waals surface area contributed by atoms with Crippen LogP contribution in [0.4, 0.5) is 0 Å². The fraction of sp³-hybridized carbons (Fsp3) is 0.846. The number of likely N-dealkylation sites (tertiary alicyclic amines) is 1. The van der Waals surface area contributed by atoms with Gasteiger partial charge in [-0.3, -0.25) is 9.59 Å². The van der Waals surface area contributed by atoms with E-state index in [4.69, 9.17) is 5.73 Å². The second-order valence-corrected chi connectivity index (χ2v) is 6.51. The van der Waals surface area contributed by atoms with Crippen LogP contribution >= 0.6 is 11.8 Å². The molecule has 1 aliphatic heterocycles. The van der Waals surface area contributed by atoms with Crippen molar-refractivity contribution < 1.29 is 9.59 Å². The average Bonchev–Trinajstić information content (AvgIpc) is 2.89. The van der Waals surface area contributed by atoms with E-state index in [-0.39, 0.29) is 17.9 Å². The maximum absolute atomic E-state index is 12.2. The Morgan fingerprint density at radius 1 is 1.11 bits per heavy atom. The van der Waals surface area contributed by atoms with E-state index >= 15 is 0 Å². The molecular weight excluding hydrogens is 248 g/mol. The van der Waals surface area contributed by atoms with Crippen LogP contribution in [0.2, 0.25) is 0 Å². The maximum Gasteiger partial charge on any atom is 0.240 e. The molecule has 1 aliphatic carbocycles. The molecule has 2 amide bonds. The second kappa shape index (κ2) is 6.45. The summed E-state index contributed by atoms with van der Waals surface area (Å²) in [5, 5.41) is 0.644. The minimum Gasteiger partial charge on any atom is -0.368 e. The van der Waals surface area contributed by atoms with Crippen LogP contribution in [0.15, 0.2) is 0 Å². The Bertz CT molecular complexity index is 316. The van der Waals surface area contributed by atoms with Crippen LogP contribution in [0.5, 0.6) is 0 Å². The molecule has 2 aliphatic rings. The van der Waals surface area contributed by atoms with Crippen molar-refractivity contribution in [1.29, 1.82) is 0 Å². The number of primary amides is 1. The molecule has 1 atom stereocenters. The van der Waals surface area contributed by atoms with Gasteiger partial charge < -0.3 is 10.6 Å². The van der Waals surface area contributed by atoms with Crippen LogP contribution in [-0.2, 0) is 9.59 Å². The summed E-state index contributed by atoms with van der Waals surface area (Å²) in [6.07, 6.45) is 7.76. The quantitative estimate of drug-likeness (QED) is 0.842. The number of carbonyl (C=O) groups excluding carboxylic acids is 2. The highest BCUT2D eigenvalue weighted by Gasteiger charge is 2.30. The minimum absolute atomic E-state index is 0.0930. The Labute approximate surface area is 113 Å². The molecule has 0 aromatic carbocycles. The summed E-state index contributed by atoms with van der Waals surface area (Å²) >= 11 is 1.76. The number of amides is 2. The Balaban J connectivity index is 1.83. The third-order valence-electron chi connectivity index (χ3n) is 3.90. The Morgan fingerprint density at radius 2 is 1.78 bits per heavy atom. The molecule has 1 heterocycles. The molecule has 2 fully saturated rings. The van der Waals surface area contributed by atoms with E-state index in [1.165, 1.54) is 25.7 Å². The SMILES string of the molecule is NC(=O)[C@H]1CCCCN1C(=O)CSC1CCCC1. The van der Waals surface area contributed by atoms with Gasteiger partial charge in [0.15, 0.2) is 0 Å². The number of hydrogen-bond donors (Lipinski definition) is 1. The van der Waals surface area contributed by atoms with Crippen LogP contribution in [0.25, 0.3) is 0 Å². The van der Waals surface area contributed by atoms with Crippen molar-refractivity contribution >= 4 is 23.6 Å². The third kappa shape index (κ3) is 3.40. The highest BCUT2D eigenvalue weighted by molar-refractivity contribution is 8.00. The van der Waals surface area contributed by atoms with E-state index in [0.717, 1.165) is 19.3 Å². The minimum atomic E-state index is -0.365. The van der Waals surface area contributed by atoms with Crippen molar-refractivity contribution in [2.24, 2.45) is 5.73 Å². The van der Waals surface area contributed by atoms with Gasteiger partial charge in [-0.15, -0.1) is 11.8 Å². The summed E-state index contributed by atoms with van der Waals surface area (Å²) in [5.74, 6) is 0.248. The Hall–Kier alpha value is -0.710. The molecule has 102 valence electrons. The van der Waals surface area contributed by atoms with Gasteiger partial charge in [-0.2, -0.15) is 0 Å². The highest BCUT2D eigenvalue weighted by atomic mass is 32.2. The molecule has 0 aromatic heterocycles. The fourth-order valence-corrected chi connectivity index (χ4v) is 4.06. The average molecular weight is 270 g/mol. The van der Waals surface area contributed by atoms with E-state index in [1.807, 2.05) is 0 Å². The van der Waals surface area contributed by atoms with Gasteiger partial charge in [-0.25, -0.2) is 0 Å². The van der Waals surface area contributed by atoms with Crippen LogP contribution < -0.4 is 5.73 Å². The monoisotopic (exact) mass is 270 g/mol. The van der Waals surface area contributed by atoms with Crippen molar-refractivity contribution in [3.8, 4) is 0 Å². The van der Waals surface area contributed by atoms with Crippen molar-refractivity contribution in [3.05, 3.63) is 0 Å². The predicted molar refractivity (Wildman–Crippen MR) is 73.3 cm³/mol.